The van der Waals surface area contributed by atoms with Crippen LogP contribution in [-0.2, 0) is 5.72 Å². The predicted octanol–water partition coefficient (Wildman–Crippen LogP) is 0.803. The molecule has 1 aliphatic rings. The molecule has 3 heteroatoms. The van der Waals surface area contributed by atoms with Crippen LogP contribution in [0.3, 0.4) is 0 Å². The van der Waals surface area contributed by atoms with Gasteiger partial charge >= 0.3 is 0 Å². The molecule has 1 aromatic rings. The van der Waals surface area contributed by atoms with Crippen molar-refractivity contribution in [2.75, 3.05) is 13.1 Å². The summed E-state index contributed by atoms with van der Waals surface area (Å²) >= 11 is 0. The van der Waals surface area contributed by atoms with E-state index in [-0.39, 0.29) is 5.54 Å². The molecule has 3 nitrogen and oxygen atoms in total. The van der Waals surface area contributed by atoms with Gasteiger partial charge in [0.05, 0.1) is 5.54 Å². The van der Waals surface area contributed by atoms with Crippen molar-refractivity contribution in [2.45, 2.75) is 25.1 Å². The van der Waals surface area contributed by atoms with Gasteiger partial charge in [-0.05, 0) is 13.8 Å². The number of piperazine rings is 1. The highest BCUT2D eigenvalue weighted by molar-refractivity contribution is 5.26. The van der Waals surface area contributed by atoms with Crippen molar-refractivity contribution in [3.63, 3.8) is 0 Å². The van der Waals surface area contributed by atoms with Crippen LogP contribution in [0.5, 0.6) is 0 Å². The number of rotatable bonds is 1. The van der Waals surface area contributed by atoms with Crippen molar-refractivity contribution < 1.29 is 5.11 Å². The predicted molar refractivity (Wildman–Crippen MR) is 60.4 cm³/mol. The fraction of sp³-hybridized carbons (Fsp3) is 0.500. The van der Waals surface area contributed by atoms with Gasteiger partial charge < -0.3 is 10.4 Å². The van der Waals surface area contributed by atoms with Crippen LogP contribution in [0, 0.1) is 0 Å². The molecule has 3 N–H and O–H groups in total. The van der Waals surface area contributed by atoms with Crippen LogP contribution >= 0.6 is 0 Å². The minimum absolute atomic E-state index is 0.368. The van der Waals surface area contributed by atoms with E-state index in [1.54, 1.807) is 0 Å². The lowest BCUT2D eigenvalue weighted by Crippen LogP contribution is -2.69. The van der Waals surface area contributed by atoms with Gasteiger partial charge in [0.15, 0.2) is 5.72 Å². The van der Waals surface area contributed by atoms with Crippen LogP contribution in [0.4, 0.5) is 0 Å². The maximum absolute atomic E-state index is 10.7. The third-order valence-electron chi connectivity index (χ3n) is 3.17. The number of nitrogens with one attached hydrogen (secondary N) is 2. The Morgan fingerprint density at radius 1 is 1.07 bits per heavy atom. The molecule has 1 atom stereocenters. The highest BCUT2D eigenvalue weighted by atomic mass is 16.3. The van der Waals surface area contributed by atoms with Crippen molar-refractivity contribution in [2.24, 2.45) is 0 Å². The van der Waals surface area contributed by atoms with E-state index in [1.807, 2.05) is 44.2 Å². The number of benzene rings is 1. The summed E-state index contributed by atoms with van der Waals surface area (Å²) in [5.74, 6) is 0. The molecule has 0 amide bonds. The first-order chi connectivity index (χ1) is 7.06. The summed E-state index contributed by atoms with van der Waals surface area (Å²) in [6.45, 7) is 5.66. The van der Waals surface area contributed by atoms with Gasteiger partial charge in [0, 0.05) is 18.7 Å². The average Bonchev–Trinajstić information content (AvgIpc) is 2.24. The standard InChI is InChI=1S/C12H18N2O/c1-11(2)12(15,14-9-8-13-11)10-6-4-3-5-7-10/h3-7,13-15H,8-9H2,1-2H3/t12-/m0/s1. The molecule has 0 saturated carbocycles. The number of hydrogen-bond donors (Lipinski definition) is 3. The smallest absolute Gasteiger partial charge is 0.160 e. The van der Waals surface area contributed by atoms with E-state index in [2.05, 4.69) is 10.6 Å². The van der Waals surface area contributed by atoms with Gasteiger partial charge in [-0.1, -0.05) is 30.3 Å². The van der Waals surface area contributed by atoms with Crippen LogP contribution in [-0.4, -0.2) is 23.7 Å². The SMILES string of the molecule is CC1(C)NCCN[C@]1(O)c1ccccc1. The molecule has 1 heterocycles. The van der Waals surface area contributed by atoms with Crippen molar-refractivity contribution in [1.29, 1.82) is 0 Å². The Bertz CT molecular complexity index is 337. The highest BCUT2D eigenvalue weighted by Gasteiger charge is 2.46. The topological polar surface area (TPSA) is 44.3 Å². The van der Waals surface area contributed by atoms with E-state index >= 15 is 0 Å². The first kappa shape index (κ1) is 10.6. The van der Waals surface area contributed by atoms with Gasteiger partial charge in [-0.25, -0.2) is 0 Å². The quantitative estimate of drug-likeness (QED) is 0.637. The maximum Gasteiger partial charge on any atom is 0.160 e. The summed E-state index contributed by atoms with van der Waals surface area (Å²) in [4.78, 5) is 0. The van der Waals surface area contributed by atoms with E-state index in [9.17, 15) is 5.11 Å². The van der Waals surface area contributed by atoms with Gasteiger partial charge in [-0.3, -0.25) is 5.32 Å². The van der Waals surface area contributed by atoms with Crippen molar-refractivity contribution in [1.82, 2.24) is 10.6 Å². The molecule has 1 fully saturated rings. The number of hydrogen-bond acceptors (Lipinski definition) is 3. The Hall–Kier alpha value is -0.900. The maximum atomic E-state index is 10.7. The molecule has 0 aliphatic carbocycles. The molecule has 1 aliphatic heterocycles. The van der Waals surface area contributed by atoms with E-state index in [4.69, 9.17) is 0 Å². The third kappa shape index (κ3) is 1.67. The molecule has 0 unspecified atom stereocenters. The average molecular weight is 206 g/mol. The summed E-state index contributed by atoms with van der Waals surface area (Å²) < 4.78 is 0. The zero-order valence-electron chi connectivity index (χ0n) is 9.25. The Kier molecular flexibility index (Phi) is 2.54. The van der Waals surface area contributed by atoms with Gasteiger partial charge in [0.2, 0.25) is 0 Å². The summed E-state index contributed by atoms with van der Waals surface area (Å²) in [6, 6.07) is 9.74. The first-order valence-electron chi connectivity index (χ1n) is 5.34. The van der Waals surface area contributed by atoms with Crippen molar-refractivity contribution in [3.8, 4) is 0 Å². The normalized spacial score (nSPS) is 30.1. The lowest BCUT2D eigenvalue weighted by atomic mass is 9.83. The molecule has 0 bridgehead atoms. The van der Waals surface area contributed by atoms with Crippen LogP contribution in [0.25, 0.3) is 0 Å². The second kappa shape index (κ2) is 3.59. The molecule has 82 valence electrons. The monoisotopic (exact) mass is 206 g/mol. The fourth-order valence-electron chi connectivity index (χ4n) is 2.11. The summed E-state index contributed by atoms with van der Waals surface area (Å²) in [5.41, 5.74) is -0.457. The molecule has 0 radical (unpaired) electrons. The van der Waals surface area contributed by atoms with E-state index in [0.29, 0.717) is 0 Å². The Morgan fingerprint density at radius 3 is 2.27 bits per heavy atom. The minimum atomic E-state index is -0.994. The highest BCUT2D eigenvalue weighted by Crippen LogP contribution is 2.31. The Balaban J connectivity index is 2.40. The summed E-state index contributed by atoms with van der Waals surface area (Å²) in [6.07, 6.45) is 0. The van der Waals surface area contributed by atoms with Crippen LogP contribution < -0.4 is 10.6 Å². The van der Waals surface area contributed by atoms with Gasteiger partial charge in [0.25, 0.3) is 0 Å². The molecule has 1 saturated heterocycles. The van der Waals surface area contributed by atoms with Gasteiger partial charge in [-0.15, -0.1) is 0 Å². The van der Waals surface area contributed by atoms with Crippen molar-refractivity contribution in [3.05, 3.63) is 35.9 Å². The molecule has 0 spiro atoms. The molecule has 2 rings (SSSR count). The molecular weight excluding hydrogens is 188 g/mol. The van der Waals surface area contributed by atoms with Gasteiger partial charge in [0.1, 0.15) is 0 Å². The van der Waals surface area contributed by atoms with Gasteiger partial charge in [-0.2, -0.15) is 0 Å². The Labute approximate surface area is 90.5 Å². The van der Waals surface area contributed by atoms with Crippen molar-refractivity contribution >= 4 is 0 Å². The van der Waals surface area contributed by atoms with Crippen LogP contribution in [0.2, 0.25) is 0 Å². The minimum Gasteiger partial charge on any atom is -0.370 e. The van der Waals surface area contributed by atoms with E-state index in [1.165, 1.54) is 0 Å². The first-order valence-corrected chi connectivity index (χ1v) is 5.34. The zero-order valence-corrected chi connectivity index (χ0v) is 9.25. The summed E-state index contributed by atoms with van der Waals surface area (Å²) in [5, 5.41) is 17.2. The third-order valence-corrected chi connectivity index (χ3v) is 3.17. The second-order valence-corrected chi connectivity index (χ2v) is 4.55. The molecule has 15 heavy (non-hydrogen) atoms. The van der Waals surface area contributed by atoms with E-state index < -0.39 is 5.72 Å². The molecule has 0 aromatic heterocycles. The lowest BCUT2D eigenvalue weighted by molar-refractivity contribution is -0.0890. The lowest BCUT2D eigenvalue weighted by Gasteiger charge is -2.47. The molecular formula is C12H18N2O. The zero-order chi connectivity index (χ0) is 10.9. The van der Waals surface area contributed by atoms with Crippen LogP contribution in [0.1, 0.15) is 19.4 Å². The summed E-state index contributed by atoms with van der Waals surface area (Å²) in [7, 11) is 0. The second-order valence-electron chi connectivity index (χ2n) is 4.55. The van der Waals surface area contributed by atoms with E-state index in [0.717, 1.165) is 18.7 Å². The van der Waals surface area contributed by atoms with Crippen LogP contribution in [0.15, 0.2) is 30.3 Å². The Morgan fingerprint density at radius 2 is 1.67 bits per heavy atom. The largest absolute Gasteiger partial charge is 0.370 e. The molecule has 1 aromatic carbocycles. The fourth-order valence-corrected chi connectivity index (χ4v) is 2.11. The number of aliphatic hydroxyl groups is 1.